The number of carbonyl (C=O) groups excluding carboxylic acids is 2. The molecule has 0 saturated carbocycles. The van der Waals surface area contributed by atoms with Crippen LogP contribution in [0.4, 0.5) is 0 Å². The number of hydrogen-bond donors (Lipinski definition) is 0. The quantitative estimate of drug-likeness (QED) is 0.496. The lowest BCUT2D eigenvalue weighted by Crippen LogP contribution is -2.47. The van der Waals surface area contributed by atoms with Crippen molar-refractivity contribution < 1.29 is 19.1 Å². The molecule has 37 heavy (non-hydrogen) atoms. The van der Waals surface area contributed by atoms with Gasteiger partial charge < -0.3 is 14.4 Å². The van der Waals surface area contributed by atoms with Crippen LogP contribution in [-0.4, -0.2) is 85.4 Å². The molecule has 2 aromatic carbocycles. The van der Waals surface area contributed by atoms with Crippen molar-refractivity contribution in [1.29, 1.82) is 0 Å². The first-order valence-corrected chi connectivity index (χ1v) is 13.1. The topological polar surface area (TPSA) is 74.7 Å². The van der Waals surface area contributed by atoms with Crippen molar-refractivity contribution >= 4 is 29.1 Å². The largest absolute Gasteiger partial charge is 0.497 e. The number of hydrazone groups is 1. The smallest absolute Gasteiger partial charge is 0.262 e. The van der Waals surface area contributed by atoms with E-state index in [0.29, 0.717) is 37.7 Å². The molecule has 0 aliphatic carbocycles. The average Bonchev–Trinajstić information content (AvgIpc) is 3.37. The number of ether oxygens (including phenoxy) is 2. The minimum atomic E-state index is -0.363. The Labute approximate surface area is 223 Å². The van der Waals surface area contributed by atoms with Gasteiger partial charge in [-0.25, -0.2) is 5.01 Å². The van der Waals surface area contributed by atoms with E-state index in [1.807, 2.05) is 62.4 Å². The van der Waals surface area contributed by atoms with Crippen LogP contribution in [0.3, 0.4) is 0 Å². The first kappa shape index (κ1) is 27.1. The first-order valence-electron chi connectivity index (χ1n) is 12.7. The van der Waals surface area contributed by atoms with Crippen molar-refractivity contribution in [2.75, 3.05) is 53.0 Å². The number of hydrogen-bond acceptors (Lipinski definition) is 6. The van der Waals surface area contributed by atoms with E-state index in [9.17, 15) is 9.59 Å². The second-order valence-corrected chi connectivity index (χ2v) is 10.0. The number of morpholine rings is 1. The van der Waals surface area contributed by atoms with Crippen molar-refractivity contribution in [2.24, 2.45) is 11.0 Å². The molecule has 198 valence electrons. The van der Waals surface area contributed by atoms with Crippen molar-refractivity contribution in [3.63, 3.8) is 0 Å². The summed E-state index contributed by atoms with van der Waals surface area (Å²) >= 11 is 6.56. The Kier molecular flexibility index (Phi) is 9.18. The van der Waals surface area contributed by atoms with Crippen LogP contribution in [0, 0.1) is 5.92 Å². The van der Waals surface area contributed by atoms with Crippen molar-refractivity contribution in [2.45, 2.75) is 26.3 Å². The third-order valence-electron chi connectivity index (χ3n) is 6.75. The molecule has 8 nitrogen and oxygen atoms in total. The van der Waals surface area contributed by atoms with Crippen LogP contribution in [0.2, 0.25) is 5.02 Å². The van der Waals surface area contributed by atoms with Crippen LogP contribution in [0.25, 0.3) is 0 Å². The summed E-state index contributed by atoms with van der Waals surface area (Å²) in [7, 11) is 1.62. The molecule has 2 aliphatic rings. The van der Waals surface area contributed by atoms with Crippen molar-refractivity contribution in [1.82, 2.24) is 14.8 Å². The normalized spacial score (nSPS) is 18.1. The van der Waals surface area contributed by atoms with Crippen LogP contribution in [0.15, 0.2) is 53.6 Å². The Morgan fingerprint density at radius 3 is 2.62 bits per heavy atom. The maximum atomic E-state index is 13.8. The van der Waals surface area contributed by atoms with E-state index in [-0.39, 0.29) is 30.3 Å². The highest BCUT2D eigenvalue weighted by molar-refractivity contribution is 6.31. The van der Waals surface area contributed by atoms with Gasteiger partial charge in [0.25, 0.3) is 5.91 Å². The first-order chi connectivity index (χ1) is 17.9. The molecule has 0 bridgehead atoms. The molecule has 1 saturated heterocycles. The van der Waals surface area contributed by atoms with E-state index >= 15 is 0 Å². The van der Waals surface area contributed by atoms with Gasteiger partial charge in [0.15, 0.2) is 0 Å². The summed E-state index contributed by atoms with van der Waals surface area (Å²) in [5.41, 5.74) is 2.48. The van der Waals surface area contributed by atoms with Gasteiger partial charge in [0.2, 0.25) is 5.91 Å². The van der Waals surface area contributed by atoms with E-state index in [2.05, 4.69) is 4.90 Å². The number of benzene rings is 2. The lowest BCUT2D eigenvalue weighted by molar-refractivity contribution is -0.143. The van der Waals surface area contributed by atoms with Gasteiger partial charge in [-0.3, -0.25) is 14.5 Å². The standard InChI is InChI=1S/C28H35ClN4O4/c1-20(2)28(35)32(12-11-31-13-15-37-16-14-31)19-27(34)33-26(23-9-4-5-10-24(23)29)18-25(30-33)21-7-6-8-22(17-21)36-3/h4-10,17,20,26H,11-16,18-19H2,1-3H3/t26-/m1/s1. The maximum absolute atomic E-state index is 13.8. The van der Waals surface area contributed by atoms with Gasteiger partial charge >= 0.3 is 0 Å². The maximum Gasteiger partial charge on any atom is 0.262 e. The zero-order valence-corrected chi connectivity index (χ0v) is 22.5. The molecular weight excluding hydrogens is 492 g/mol. The van der Waals surface area contributed by atoms with E-state index in [1.165, 1.54) is 5.01 Å². The predicted molar refractivity (Wildman–Crippen MR) is 144 cm³/mol. The van der Waals surface area contributed by atoms with E-state index < -0.39 is 0 Å². The second-order valence-electron chi connectivity index (χ2n) is 9.63. The average molecular weight is 527 g/mol. The zero-order chi connectivity index (χ0) is 26.4. The summed E-state index contributed by atoms with van der Waals surface area (Å²) in [5.74, 6) is 0.216. The van der Waals surface area contributed by atoms with Crippen LogP contribution < -0.4 is 4.74 Å². The van der Waals surface area contributed by atoms with Gasteiger partial charge in [-0.15, -0.1) is 0 Å². The SMILES string of the molecule is COc1cccc(C2=NN(C(=O)CN(CCN3CCOCC3)C(=O)C(C)C)[C@@H](c3ccccc3Cl)C2)c1. The fourth-order valence-corrected chi connectivity index (χ4v) is 4.92. The number of carbonyl (C=O) groups is 2. The molecule has 0 unspecified atom stereocenters. The highest BCUT2D eigenvalue weighted by atomic mass is 35.5. The third-order valence-corrected chi connectivity index (χ3v) is 7.10. The van der Waals surface area contributed by atoms with Gasteiger partial charge in [-0.1, -0.05) is 55.8 Å². The van der Waals surface area contributed by atoms with Crippen LogP contribution in [-0.2, 0) is 14.3 Å². The van der Waals surface area contributed by atoms with E-state index in [4.69, 9.17) is 26.2 Å². The fourth-order valence-electron chi connectivity index (χ4n) is 4.66. The van der Waals surface area contributed by atoms with Gasteiger partial charge in [0, 0.05) is 49.1 Å². The number of rotatable bonds is 9. The van der Waals surface area contributed by atoms with Crippen LogP contribution in [0.1, 0.15) is 37.4 Å². The third kappa shape index (κ3) is 6.69. The zero-order valence-electron chi connectivity index (χ0n) is 21.7. The molecule has 2 heterocycles. The molecule has 0 N–H and O–H groups in total. The monoisotopic (exact) mass is 526 g/mol. The van der Waals surface area contributed by atoms with E-state index in [1.54, 1.807) is 12.0 Å². The molecule has 0 aromatic heterocycles. The minimum absolute atomic E-state index is 0.0444. The Balaban J connectivity index is 1.58. The lowest BCUT2D eigenvalue weighted by Gasteiger charge is -2.32. The predicted octanol–water partition coefficient (Wildman–Crippen LogP) is 3.84. The molecule has 2 aromatic rings. The molecule has 9 heteroatoms. The van der Waals surface area contributed by atoms with Gasteiger partial charge in [-0.2, -0.15) is 5.10 Å². The number of amides is 2. The molecule has 2 aliphatic heterocycles. The van der Waals surface area contributed by atoms with E-state index in [0.717, 1.165) is 35.7 Å². The molecule has 0 radical (unpaired) electrons. The molecule has 4 rings (SSSR count). The molecule has 1 fully saturated rings. The molecule has 0 spiro atoms. The Bertz CT molecular complexity index is 1130. The molecule has 2 amide bonds. The summed E-state index contributed by atoms with van der Waals surface area (Å²) in [5, 5.41) is 6.84. The summed E-state index contributed by atoms with van der Waals surface area (Å²) in [6.45, 7) is 7.86. The summed E-state index contributed by atoms with van der Waals surface area (Å²) < 4.78 is 10.8. The molecule has 1 atom stereocenters. The summed E-state index contributed by atoms with van der Waals surface area (Å²) in [4.78, 5) is 30.7. The van der Waals surface area contributed by atoms with Crippen molar-refractivity contribution in [3.05, 3.63) is 64.7 Å². The van der Waals surface area contributed by atoms with Crippen molar-refractivity contribution in [3.8, 4) is 5.75 Å². The highest BCUT2D eigenvalue weighted by Crippen LogP contribution is 2.36. The van der Waals surface area contributed by atoms with Gasteiger partial charge in [0.1, 0.15) is 12.3 Å². The minimum Gasteiger partial charge on any atom is -0.497 e. The lowest BCUT2D eigenvalue weighted by atomic mass is 9.98. The van der Waals surface area contributed by atoms with Crippen LogP contribution >= 0.6 is 11.6 Å². The number of methoxy groups -OCH3 is 1. The Hall–Kier alpha value is -2.94. The van der Waals surface area contributed by atoms with Crippen LogP contribution in [0.5, 0.6) is 5.75 Å². The summed E-state index contributed by atoms with van der Waals surface area (Å²) in [6.07, 6.45) is 0.508. The van der Waals surface area contributed by atoms with Gasteiger partial charge in [-0.05, 0) is 23.8 Å². The molecular formula is C28H35ClN4O4. The fraction of sp³-hybridized carbons (Fsp3) is 0.464. The summed E-state index contributed by atoms with van der Waals surface area (Å²) in [6, 6.07) is 14.8. The van der Waals surface area contributed by atoms with Gasteiger partial charge in [0.05, 0.1) is 32.1 Å². The second kappa shape index (κ2) is 12.5. The highest BCUT2D eigenvalue weighted by Gasteiger charge is 2.35. The number of nitrogens with zero attached hydrogens (tertiary/aromatic N) is 4. The Morgan fingerprint density at radius 1 is 1.16 bits per heavy atom. The number of halogens is 1. The Morgan fingerprint density at radius 2 is 1.92 bits per heavy atom.